The van der Waals surface area contributed by atoms with Crippen molar-refractivity contribution in [3.05, 3.63) is 66.8 Å². The molecule has 0 unspecified atom stereocenters. The molecule has 0 radical (unpaired) electrons. The second-order valence-corrected chi connectivity index (χ2v) is 5.91. The zero-order valence-corrected chi connectivity index (χ0v) is 14.2. The van der Waals surface area contributed by atoms with E-state index >= 15 is 0 Å². The number of furan rings is 1. The SMILES string of the molecule is CC[C@H](c1ccnn1C)n1cc(-c2ccccc2-c2ccco2)nn1. The van der Waals surface area contributed by atoms with Crippen molar-refractivity contribution in [1.82, 2.24) is 24.8 Å². The number of aryl methyl sites for hydroxylation is 1. The van der Waals surface area contributed by atoms with Gasteiger partial charge in [0.2, 0.25) is 0 Å². The summed E-state index contributed by atoms with van der Waals surface area (Å²) in [5.74, 6) is 0.823. The summed E-state index contributed by atoms with van der Waals surface area (Å²) in [7, 11) is 1.95. The van der Waals surface area contributed by atoms with Gasteiger partial charge < -0.3 is 4.42 Å². The van der Waals surface area contributed by atoms with Gasteiger partial charge >= 0.3 is 0 Å². The van der Waals surface area contributed by atoms with E-state index in [-0.39, 0.29) is 6.04 Å². The summed E-state index contributed by atoms with van der Waals surface area (Å²) in [6.07, 6.45) is 6.38. The molecule has 1 atom stereocenters. The van der Waals surface area contributed by atoms with Crippen molar-refractivity contribution in [1.29, 1.82) is 0 Å². The first kappa shape index (κ1) is 15.4. The van der Waals surface area contributed by atoms with E-state index in [0.29, 0.717) is 0 Å². The second kappa shape index (κ2) is 6.39. The van der Waals surface area contributed by atoms with Crippen molar-refractivity contribution >= 4 is 0 Å². The average molecular weight is 333 g/mol. The molecule has 0 bridgehead atoms. The van der Waals surface area contributed by atoms with Crippen molar-refractivity contribution in [2.75, 3.05) is 0 Å². The Morgan fingerprint density at radius 3 is 2.60 bits per heavy atom. The molecule has 0 aliphatic heterocycles. The van der Waals surface area contributed by atoms with Crippen LogP contribution in [0.4, 0.5) is 0 Å². The third kappa shape index (κ3) is 2.76. The van der Waals surface area contributed by atoms with Crippen LogP contribution in [-0.2, 0) is 7.05 Å². The summed E-state index contributed by atoms with van der Waals surface area (Å²) in [4.78, 5) is 0. The highest BCUT2D eigenvalue weighted by Crippen LogP contribution is 2.31. The van der Waals surface area contributed by atoms with E-state index in [0.717, 1.165) is 34.7 Å². The van der Waals surface area contributed by atoms with Crippen LogP contribution < -0.4 is 0 Å². The van der Waals surface area contributed by atoms with Crippen molar-refractivity contribution < 1.29 is 4.42 Å². The molecular formula is C19H19N5O. The maximum atomic E-state index is 5.57. The van der Waals surface area contributed by atoms with Gasteiger partial charge in [-0.25, -0.2) is 4.68 Å². The summed E-state index contributed by atoms with van der Waals surface area (Å²) in [6, 6.07) is 14.0. The molecule has 0 aliphatic rings. The molecule has 6 nitrogen and oxygen atoms in total. The summed E-state index contributed by atoms with van der Waals surface area (Å²) >= 11 is 0. The zero-order chi connectivity index (χ0) is 17.2. The molecule has 25 heavy (non-hydrogen) atoms. The Morgan fingerprint density at radius 2 is 1.92 bits per heavy atom. The number of rotatable bonds is 5. The minimum atomic E-state index is 0.101. The fourth-order valence-electron chi connectivity index (χ4n) is 3.15. The van der Waals surface area contributed by atoms with Crippen LogP contribution in [0.2, 0.25) is 0 Å². The second-order valence-electron chi connectivity index (χ2n) is 5.91. The predicted molar refractivity (Wildman–Crippen MR) is 94.8 cm³/mol. The molecule has 6 heteroatoms. The largest absolute Gasteiger partial charge is 0.464 e. The Balaban J connectivity index is 1.74. The summed E-state index contributed by atoms with van der Waals surface area (Å²) < 4.78 is 9.35. The highest BCUT2D eigenvalue weighted by molar-refractivity contribution is 5.78. The zero-order valence-electron chi connectivity index (χ0n) is 14.2. The molecule has 0 fully saturated rings. The molecule has 4 rings (SSSR count). The van der Waals surface area contributed by atoms with Crippen LogP contribution in [0.15, 0.2) is 65.5 Å². The minimum Gasteiger partial charge on any atom is -0.464 e. The number of hydrogen-bond acceptors (Lipinski definition) is 4. The summed E-state index contributed by atoms with van der Waals surface area (Å²) in [5, 5.41) is 13.1. The maximum absolute atomic E-state index is 5.57. The molecule has 0 spiro atoms. The standard InChI is InChI=1S/C19H19N5O/c1-3-17(18-10-11-20-23(18)2)24-13-16(21-22-24)14-7-4-5-8-15(14)19-9-6-12-25-19/h4-13,17H,3H2,1-2H3/t17-/m1/s1. The lowest BCUT2D eigenvalue weighted by molar-refractivity contribution is 0.462. The molecule has 126 valence electrons. The van der Waals surface area contributed by atoms with E-state index in [9.17, 15) is 0 Å². The van der Waals surface area contributed by atoms with Gasteiger partial charge in [0, 0.05) is 24.4 Å². The van der Waals surface area contributed by atoms with Crippen molar-refractivity contribution in [3.63, 3.8) is 0 Å². The highest BCUT2D eigenvalue weighted by atomic mass is 16.3. The van der Waals surface area contributed by atoms with Gasteiger partial charge in [0.05, 0.1) is 24.2 Å². The van der Waals surface area contributed by atoms with E-state index in [1.807, 2.05) is 71.3 Å². The van der Waals surface area contributed by atoms with Crippen LogP contribution in [0.5, 0.6) is 0 Å². The third-order valence-corrected chi connectivity index (χ3v) is 4.41. The van der Waals surface area contributed by atoms with E-state index in [2.05, 4.69) is 22.3 Å². The lowest BCUT2D eigenvalue weighted by Crippen LogP contribution is -2.14. The van der Waals surface area contributed by atoms with Crippen LogP contribution in [-0.4, -0.2) is 24.8 Å². The summed E-state index contributed by atoms with van der Waals surface area (Å²) in [5.41, 5.74) is 3.95. The molecule has 3 aromatic heterocycles. The van der Waals surface area contributed by atoms with Gasteiger partial charge in [-0.1, -0.05) is 36.4 Å². The first-order valence-corrected chi connectivity index (χ1v) is 8.31. The Morgan fingerprint density at radius 1 is 1.08 bits per heavy atom. The molecular weight excluding hydrogens is 314 g/mol. The first-order chi connectivity index (χ1) is 12.3. The molecule has 4 aromatic rings. The van der Waals surface area contributed by atoms with Crippen LogP contribution in [0.1, 0.15) is 25.1 Å². The quantitative estimate of drug-likeness (QED) is 0.555. The Kier molecular flexibility index (Phi) is 3.93. The van der Waals surface area contributed by atoms with Crippen LogP contribution >= 0.6 is 0 Å². The number of nitrogens with zero attached hydrogens (tertiary/aromatic N) is 5. The van der Waals surface area contributed by atoms with Crippen molar-refractivity contribution in [2.45, 2.75) is 19.4 Å². The van der Waals surface area contributed by atoms with Gasteiger partial charge in [-0.3, -0.25) is 4.68 Å². The van der Waals surface area contributed by atoms with E-state index in [1.165, 1.54) is 0 Å². The first-order valence-electron chi connectivity index (χ1n) is 8.31. The van der Waals surface area contributed by atoms with Gasteiger partial charge in [0.25, 0.3) is 0 Å². The van der Waals surface area contributed by atoms with Gasteiger partial charge in [0.1, 0.15) is 11.5 Å². The lowest BCUT2D eigenvalue weighted by Gasteiger charge is -2.14. The molecule has 0 amide bonds. The van der Waals surface area contributed by atoms with Gasteiger partial charge in [-0.15, -0.1) is 5.10 Å². The molecule has 0 saturated carbocycles. The molecule has 0 aliphatic carbocycles. The van der Waals surface area contributed by atoms with Crippen molar-refractivity contribution in [3.8, 4) is 22.6 Å². The molecule has 0 saturated heterocycles. The van der Waals surface area contributed by atoms with Crippen LogP contribution in [0.25, 0.3) is 22.6 Å². The van der Waals surface area contributed by atoms with E-state index in [1.54, 1.807) is 6.26 Å². The minimum absolute atomic E-state index is 0.101. The Hall–Kier alpha value is -3.15. The number of aromatic nitrogens is 5. The summed E-state index contributed by atoms with van der Waals surface area (Å²) in [6.45, 7) is 2.13. The average Bonchev–Trinajstić information content (AvgIpc) is 3.38. The van der Waals surface area contributed by atoms with Gasteiger partial charge in [0.15, 0.2) is 0 Å². The van der Waals surface area contributed by atoms with Gasteiger partial charge in [-0.2, -0.15) is 5.10 Å². The molecule has 1 aromatic carbocycles. The predicted octanol–water partition coefficient (Wildman–Crippen LogP) is 3.94. The Bertz CT molecular complexity index is 967. The van der Waals surface area contributed by atoms with Crippen LogP contribution in [0, 0.1) is 0 Å². The monoisotopic (exact) mass is 333 g/mol. The lowest BCUT2D eigenvalue weighted by atomic mass is 10.0. The topological polar surface area (TPSA) is 61.7 Å². The number of hydrogen-bond donors (Lipinski definition) is 0. The fraction of sp³-hybridized carbons (Fsp3) is 0.211. The molecule has 0 N–H and O–H groups in total. The van der Waals surface area contributed by atoms with E-state index in [4.69, 9.17) is 4.42 Å². The fourth-order valence-corrected chi connectivity index (χ4v) is 3.15. The van der Waals surface area contributed by atoms with E-state index < -0.39 is 0 Å². The maximum Gasteiger partial charge on any atom is 0.134 e. The Labute approximate surface area is 145 Å². The van der Waals surface area contributed by atoms with Crippen LogP contribution in [0.3, 0.4) is 0 Å². The molecule has 3 heterocycles. The smallest absolute Gasteiger partial charge is 0.134 e. The normalized spacial score (nSPS) is 12.4. The third-order valence-electron chi connectivity index (χ3n) is 4.41. The van der Waals surface area contributed by atoms with Crippen molar-refractivity contribution in [2.24, 2.45) is 7.05 Å². The van der Waals surface area contributed by atoms with Gasteiger partial charge in [-0.05, 0) is 24.6 Å². The highest BCUT2D eigenvalue weighted by Gasteiger charge is 2.19. The number of benzene rings is 1.